The molecule has 7 nitrogen and oxygen atoms in total. The first-order valence-electron chi connectivity index (χ1n) is 22.0. The Morgan fingerprint density at radius 1 is 0.550 bits per heavy atom. The quantitative estimate of drug-likeness (QED) is 0.120. The summed E-state index contributed by atoms with van der Waals surface area (Å²) in [7, 11) is 8.45. The number of hydrogen-bond donors (Lipinski definition) is 1. The average Bonchev–Trinajstić information content (AvgIpc) is 3.77. The molecule has 0 saturated carbocycles. The van der Waals surface area contributed by atoms with Gasteiger partial charge in [0, 0.05) is 47.3 Å². The maximum absolute atomic E-state index is 6.66. The highest BCUT2D eigenvalue weighted by Gasteiger charge is 2.31. The zero-order valence-electron chi connectivity index (χ0n) is 39.8. The molecule has 2 heterocycles. The van der Waals surface area contributed by atoms with Crippen molar-refractivity contribution in [1.82, 2.24) is 19.8 Å². The lowest BCUT2D eigenvalue weighted by Gasteiger charge is -2.31. The first-order valence-corrected chi connectivity index (χ1v) is 22.0. The van der Waals surface area contributed by atoms with Gasteiger partial charge in [-0.25, -0.2) is 4.98 Å². The molecule has 0 unspecified atom stereocenters. The first kappa shape index (κ1) is 45.1. The SMILES string of the molecule is CN(C)CCCOc1c(C(C)(C)C)cc(C2=Nc3cc(-c4ccc5nc(-c6cc(C(C)(C)C)c(OCCCN(C)C)c(C(C)(C)C)c6)[nH]c5c4)ccc3C2)cc1C(C)(C)C. The number of benzene rings is 4. The number of aromatic amines is 1. The molecule has 1 aromatic heterocycles. The molecule has 0 bridgehead atoms. The Bertz CT molecular complexity index is 2280. The highest BCUT2D eigenvalue weighted by molar-refractivity contribution is 6.07. The number of nitrogens with zero attached hydrogens (tertiary/aromatic N) is 4. The lowest BCUT2D eigenvalue weighted by Crippen LogP contribution is -2.22. The monoisotopic (exact) mass is 812 g/mol. The summed E-state index contributed by atoms with van der Waals surface area (Å²) in [6.45, 7) is 30.7. The second-order valence-corrected chi connectivity index (χ2v) is 21.7. The third-order valence-electron chi connectivity index (χ3n) is 11.5. The molecule has 0 spiro atoms. The Balaban J connectivity index is 1.33. The fourth-order valence-corrected chi connectivity index (χ4v) is 8.07. The standard InChI is InChI=1S/C53H73N5O2/c1-50(2,3)39-27-37(28-40(51(4,5)6)47(39)59-25-17-23-57(13)14)45-33-36-20-19-34(31-44(36)54-45)35-21-22-43-46(32-35)56-49(55-43)38-29-41(52(7,8)9)48(42(30-38)53(10,11)12)60-26-18-24-58(15)16/h19-22,27-32H,17-18,23-26,33H2,1-16H3,(H,55,56). The fourth-order valence-electron chi connectivity index (χ4n) is 8.07. The Hall–Kier alpha value is -4.46. The summed E-state index contributed by atoms with van der Waals surface area (Å²) in [5.41, 5.74) is 14.4. The maximum Gasteiger partial charge on any atom is 0.138 e. The minimum Gasteiger partial charge on any atom is -0.493 e. The molecule has 6 rings (SSSR count). The normalized spacial score (nSPS) is 13.7. The largest absolute Gasteiger partial charge is 0.493 e. The van der Waals surface area contributed by atoms with Gasteiger partial charge in [-0.2, -0.15) is 0 Å². The van der Waals surface area contributed by atoms with Crippen LogP contribution in [0.5, 0.6) is 11.5 Å². The molecule has 5 aromatic rings. The molecule has 0 fully saturated rings. The molecule has 0 atom stereocenters. The van der Waals surface area contributed by atoms with E-state index in [1.165, 1.54) is 33.4 Å². The minimum absolute atomic E-state index is 0.0927. The van der Waals surface area contributed by atoms with Crippen LogP contribution in [0.4, 0.5) is 5.69 Å². The van der Waals surface area contributed by atoms with E-state index < -0.39 is 0 Å². The molecule has 60 heavy (non-hydrogen) atoms. The summed E-state index contributed by atoms with van der Waals surface area (Å²) in [5.74, 6) is 2.92. The number of H-pyrrole nitrogens is 1. The highest BCUT2D eigenvalue weighted by atomic mass is 16.5. The number of ether oxygens (including phenoxy) is 2. The number of imidazole rings is 1. The van der Waals surface area contributed by atoms with Gasteiger partial charge in [0.25, 0.3) is 0 Å². The lowest BCUT2D eigenvalue weighted by molar-refractivity contribution is 0.270. The predicted octanol–water partition coefficient (Wildman–Crippen LogP) is 12.4. The summed E-state index contributed by atoms with van der Waals surface area (Å²) < 4.78 is 13.3. The molecule has 4 aromatic carbocycles. The Morgan fingerprint density at radius 2 is 1.00 bits per heavy atom. The van der Waals surface area contributed by atoms with Crippen LogP contribution in [-0.4, -0.2) is 80.0 Å². The number of aromatic nitrogens is 2. The van der Waals surface area contributed by atoms with Gasteiger partial charge in [0.15, 0.2) is 0 Å². The van der Waals surface area contributed by atoms with E-state index in [-0.39, 0.29) is 21.7 Å². The van der Waals surface area contributed by atoms with Crippen LogP contribution in [0.25, 0.3) is 33.5 Å². The van der Waals surface area contributed by atoms with Crippen LogP contribution in [0.1, 0.15) is 129 Å². The van der Waals surface area contributed by atoms with Gasteiger partial charge in [-0.15, -0.1) is 0 Å². The highest BCUT2D eigenvalue weighted by Crippen LogP contribution is 2.45. The van der Waals surface area contributed by atoms with Gasteiger partial charge in [-0.3, -0.25) is 4.99 Å². The summed E-state index contributed by atoms with van der Waals surface area (Å²) in [6.07, 6.45) is 2.77. The van der Waals surface area contributed by atoms with Crippen LogP contribution in [-0.2, 0) is 28.1 Å². The van der Waals surface area contributed by atoms with Gasteiger partial charge in [-0.1, -0.05) is 101 Å². The van der Waals surface area contributed by atoms with Gasteiger partial charge in [0.2, 0.25) is 0 Å². The summed E-state index contributed by atoms with van der Waals surface area (Å²) in [5, 5.41) is 0. The molecule has 7 heteroatoms. The topological polar surface area (TPSA) is 66.0 Å². The first-order chi connectivity index (χ1) is 27.9. The van der Waals surface area contributed by atoms with E-state index >= 15 is 0 Å². The predicted molar refractivity (Wildman–Crippen MR) is 255 cm³/mol. The molecule has 1 aliphatic heterocycles. The number of fused-ring (bicyclic) bond motifs is 2. The van der Waals surface area contributed by atoms with Crippen molar-refractivity contribution in [1.29, 1.82) is 0 Å². The van der Waals surface area contributed by atoms with Crippen molar-refractivity contribution in [3.05, 3.63) is 94.0 Å². The third kappa shape index (κ3) is 10.3. The van der Waals surface area contributed by atoms with Crippen molar-refractivity contribution in [2.24, 2.45) is 4.99 Å². The Labute approximate surface area is 362 Å². The zero-order valence-corrected chi connectivity index (χ0v) is 39.8. The van der Waals surface area contributed by atoms with Crippen molar-refractivity contribution in [3.8, 4) is 34.0 Å². The van der Waals surface area contributed by atoms with E-state index in [4.69, 9.17) is 19.5 Å². The Kier molecular flexibility index (Phi) is 12.9. The molecular formula is C53H73N5O2. The molecule has 322 valence electrons. The number of nitrogens with one attached hydrogen (secondary N) is 1. The number of rotatable bonds is 13. The zero-order chi connectivity index (χ0) is 43.9. The van der Waals surface area contributed by atoms with E-state index in [2.05, 4.69) is 187 Å². The molecule has 1 N–H and O–H groups in total. The van der Waals surface area contributed by atoms with Crippen molar-refractivity contribution in [2.75, 3.05) is 54.5 Å². The second kappa shape index (κ2) is 17.1. The fraction of sp³-hybridized carbons (Fsp3) is 0.509. The van der Waals surface area contributed by atoms with Gasteiger partial charge >= 0.3 is 0 Å². The molecule has 0 aliphatic carbocycles. The summed E-state index contributed by atoms with van der Waals surface area (Å²) in [6, 6.07) is 22.5. The minimum atomic E-state index is -0.116. The van der Waals surface area contributed by atoms with Crippen molar-refractivity contribution >= 4 is 22.4 Å². The molecule has 1 aliphatic rings. The van der Waals surface area contributed by atoms with E-state index in [0.29, 0.717) is 13.2 Å². The molecular weight excluding hydrogens is 739 g/mol. The third-order valence-corrected chi connectivity index (χ3v) is 11.5. The summed E-state index contributed by atoms with van der Waals surface area (Å²) >= 11 is 0. The average molecular weight is 812 g/mol. The van der Waals surface area contributed by atoms with Crippen molar-refractivity contribution < 1.29 is 9.47 Å². The van der Waals surface area contributed by atoms with Crippen LogP contribution in [0.15, 0.2) is 65.7 Å². The van der Waals surface area contributed by atoms with E-state index in [0.717, 1.165) is 88.8 Å². The molecule has 0 radical (unpaired) electrons. The maximum atomic E-state index is 6.66. The number of hydrogen-bond acceptors (Lipinski definition) is 6. The van der Waals surface area contributed by atoms with Crippen molar-refractivity contribution in [2.45, 2.75) is 124 Å². The van der Waals surface area contributed by atoms with E-state index in [1.807, 2.05) is 0 Å². The van der Waals surface area contributed by atoms with Gasteiger partial charge in [0.1, 0.15) is 17.3 Å². The van der Waals surface area contributed by atoms with Crippen LogP contribution < -0.4 is 9.47 Å². The second-order valence-electron chi connectivity index (χ2n) is 21.7. The van der Waals surface area contributed by atoms with Gasteiger partial charge in [-0.05, 0) is 127 Å². The molecule has 0 amide bonds. The van der Waals surface area contributed by atoms with E-state index in [1.54, 1.807) is 0 Å². The summed E-state index contributed by atoms with van der Waals surface area (Å²) in [4.78, 5) is 18.6. The Morgan fingerprint density at radius 3 is 1.47 bits per heavy atom. The molecule has 0 saturated heterocycles. The van der Waals surface area contributed by atoms with Crippen molar-refractivity contribution in [3.63, 3.8) is 0 Å². The van der Waals surface area contributed by atoms with Crippen LogP contribution in [0.2, 0.25) is 0 Å². The van der Waals surface area contributed by atoms with Crippen LogP contribution in [0.3, 0.4) is 0 Å². The van der Waals surface area contributed by atoms with E-state index in [9.17, 15) is 0 Å². The van der Waals surface area contributed by atoms with Crippen LogP contribution in [0, 0.1) is 0 Å². The van der Waals surface area contributed by atoms with Gasteiger partial charge < -0.3 is 24.3 Å². The number of aliphatic imine (C=N–C) groups is 1. The lowest BCUT2D eigenvalue weighted by atomic mass is 9.77. The smallest absolute Gasteiger partial charge is 0.138 e. The van der Waals surface area contributed by atoms with Crippen LogP contribution >= 0.6 is 0 Å². The van der Waals surface area contributed by atoms with Gasteiger partial charge in [0.05, 0.1) is 35.6 Å².